The minimum atomic E-state index is -0.0449. The summed E-state index contributed by atoms with van der Waals surface area (Å²) in [6.45, 7) is 4.74. The molecule has 84 valence electrons. The van der Waals surface area contributed by atoms with Crippen LogP contribution in [0.5, 0.6) is 0 Å². The van der Waals surface area contributed by atoms with Crippen LogP contribution in [-0.2, 0) is 4.74 Å². The van der Waals surface area contributed by atoms with Gasteiger partial charge in [0.05, 0.1) is 6.10 Å². The van der Waals surface area contributed by atoms with E-state index < -0.39 is 0 Å². The van der Waals surface area contributed by atoms with E-state index in [1.165, 1.54) is 0 Å². The Kier molecular flexibility index (Phi) is 6.15. The molecule has 0 amide bonds. The molecule has 3 nitrogen and oxygen atoms in total. The number of hydrogen-bond donors (Lipinski definition) is 2. The molecule has 2 N–H and O–H groups in total. The maximum atomic E-state index is 9.32. The number of hydrogen-bond acceptors (Lipinski definition) is 3. The normalized spacial score (nSPS) is 27.9. The van der Waals surface area contributed by atoms with Gasteiger partial charge in [-0.05, 0) is 45.6 Å². The van der Waals surface area contributed by atoms with Crippen molar-refractivity contribution in [1.29, 1.82) is 0 Å². The van der Waals surface area contributed by atoms with E-state index >= 15 is 0 Å². The summed E-state index contributed by atoms with van der Waals surface area (Å²) in [6, 6.07) is 0.625. The first-order chi connectivity index (χ1) is 6.83. The Balaban J connectivity index is 1.91. The van der Waals surface area contributed by atoms with Gasteiger partial charge in [0.15, 0.2) is 0 Å². The second kappa shape index (κ2) is 7.21. The van der Waals surface area contributed by atoms with Gasteiger partial charge < -0.3 is 15.2 Å². The van der Waals surface area contributed by atoms with Gasteiger partial charge >= 0.3 is 0 Å². The fourth-order valence-corrected chi connectivity index (χ4v) is 1.90. The molecule has 1 rings (SSSR count). The molecule has 0 aromatic carbocycles. The minimum Gasteiger partial charge on any atom is -0.393 e. The lowest BCUT2D eigenvalue weighted by molar-refractivity contribution is 0.114. The van der Waals surface area contributed by atoms with Crippen LogP contribution >= 0.6 is 0 Å². The van der Waals surface area contributed by atoms with Crippen LogP contribution in [0.3, 0.4) is 0 Å². The van der Waals surface area contributed by atoms with E-state index in [2.05, 4.69) is 5.32 Å². The van der Waals surface area contributed by atoms with Crippen LogP contribution in [0.15, 0.2) is 0 Å². The van der Waals surface area contributed by atoms with Crippen molar-refractivity contribution >= 4 is 0 Å². The minimum absolute atomic E-state index is 0.0449. The van der Waals surface area contributed by atoms with E-state index in [0.29, 0.717) is 6.04 Å². The summed E-state index contributed by atoms with van der Waals surface area (Å²) in [7, 11) is 0. The fraction of sp³-hybridized carbons (Fsp3) is 1.00. The molecule has 0 radical (unpaired) electrons. The average molecular weight is 201 g/mol. The van der Waals surface area contributed by atoms with Gasteiger partial charge in [0.2, 0.25) is 0 Å². The molecule has 0 atom stereocenters. The van der Waals surface area contributed by atoms with E-state index in [1.807, 2.05) is 6.92 Å². The molecule has 1 saturated carbocycles. The summed E-state index contributed by atoms with van der Waals surface area (Å²) >= 11 is 0. The number of aliphatic hydroxyl groups excluding tert-OH is 1. The molecule has 0 unspecified atom stereocenters. The Hall–Kier alpha value is -0.120. The van der Waals surface area contributed by atoms with E-state index in [9.17, 15) is 5.11 Å². The number of aliphatic hydroxyl groups is 1. The Morgan fingerprint density at radius 1 is 1.29 bits per heavy atom. The highest BCUT2D eigenvalue weighted by atomic mass is 16.5. The Bertz CT molecular complexity index is 133. The quantitative estimate of drug-likeness (QED) is 0.637. The van der Waals surface area contributed by atoms with Gasteiger partial charge in [-0.1, -0.05) is 0 Å². The first-order valence-electron chi connectivity index (χ1n) is 5.82. The molecule has 0 bridgehead atoms. The lowest BCUT2D eigenvalue weighted by atomic mass is 9.93. The SMILES string of the molecule is CCOCCCNC1CCC(O)CC1. The molecule has 1 aliphatic rings. The molecule has 3 heteroatoms. The first kappa shape index (κ1) is 12.0. The average Bonchev–Trinajstić information content (AvgIpc) is 2.21. The molecule has 14 heavy (non-hydrogen) atoms. The van der Waals surface area contributed by atoms with Crippen molar-refractivity contribution in [2.24, 2.45) is 0 Å². The highest BCUT2D eigenvalue weighted by Crippen LogP contribution is 2.17. The van der Waals surface area contributed by atoms with Crippen molar-refractivity contribution in [1.82, 2.24) is 5.32 Å². The molecule has 0 aliphatic heterocycles. The van der Waals surface area contributed by atoms with E-state index in [0.717, 1.165) is 51.9 Å². The molecule has 0 aromatic rings. The van der Waals surface area contributed by atoms with Gasteiger partial charge in [0.1, 0.15) is 0 Å². The molecule has 0 heterocycles. The van der Waals surface area contributed by atoms with Gasteiger partial charge in [-0.2, -0.15) is 0 Å². The lowest BCUT2D eigenvalue weighted by Gasteiger charge is -2.26. The topological polar surface area (TPSA) is 41.5 Å². The molecule has 0 aromatic heterocycles. The zero-order chi connectivity index (χ0) is 10.2. The third kappa shape index (κ3) is 4.94. The number of ether oxygens (including phenoxy) is 1. The molecule has 0 saturated heterocycles. The monoisotopic (exact) mass is 201 g/mol. The summed E-state index contributed by atoms with van der Waals surface area (Å²) in [4.78, 5) is 0. The van der Waals surface area contributed by atoms with Gasteiger partial charge in [-0.3, -0.25) is 0 Å². The lowest BCUT2D eigenvalue weighted by Crippen LogP contribution is -2.35. The zero-order valence-corrected chi connectivity index (χ0v) is 9.17. The molecular formula is C11H23NO2. The molecule has 1 aliphatic carbocycles. The van der Waals surface area contributed by atoms with Crippen LogP contribution in [0.25, 0.3) is 0 Å². The van der Waals surface area contributed by atoms with Crippen LogP contribution in [0.1, 0.15) is 39.0 Å². The Morgan fingerprint density at radius 2 is 2.00 bits per heavy atom. The second-order valence-corrected chi connectivity index (χ2v) is 4.01. The van der Waals surface area contributed by atoms with Gasteiger partial charge in [0.25, 0.3) is 0 Å². The number of rotatable bonds is 6. The Morgan fingerprint density at radius 3 is 2.64 bits per heavy atom. The highest BCUT2D eigenvalue weighted by Gasteiger charge is 2.18. The van der Waals surface area contributed by atoms with Gasteiger partial charge in [0, 0.05) is 19.3 Å². The van der Waals surface area contributed by atoms with Crippen molar-refractivity contribution < 1.29 is 9.84 Å². The van der Waals surface area contributed by atoms with Crippen molar-refractivity contribution in [3.05, 3.63) is 0 Å². The maximum absolute atomic E-state index is 9.32. The van der Waals surface area contributed by atoms with Crippen LogP contribution in [0, 0.1) is 0 Å². The van der Waals surface area contributed by atoms with Crippen LogP contribution in [0.2, 0.25) is 0 Å². The summed E-state index contributed by atoms with van der Waals surface area (Å²) in [5, 5.41) is 12.8. The molecule has 1 fully saturated rings. The smallest absolute Gasteiger partial charge is 0.0541 e. The fourth-order valence-electron chi connectivity index (χ4n) is 1.90. The van der Waals surface area contributed by atoms with E-state index in [4.69, 9.17) is 4.74 Å². The van der Waals surface area contributed by atoms with Crippen molar-refractivity contribution in [2.45, 2.75) is 51.2 Å². The van der Waals surface area contributed by atoms with Crippen molar-refractivity contribution in [3.63, 3.8) is 0 Å². The summed E-state index contributed by atoms with van der Waals surface area (Å²) in [6.07, 6.45) is 5.21. The standard InChI is InChI=1S/C11H23NO2/c1-2-14-9-3-8-12-10-4-6-11(13)7-5-10/h10-13H,2-9H2,1H3. The maximum Gasteiger partial charge on any atom is 0.0541 e. The highest BCUT2D eigenvalue weighted by molar-refractivity contribution is 4.76. The second-order valence-electron chi connectivity index (χ2n) is 4.01. The number of nitrogens with one attached hydrogen (secondary N) is 1. The van der Waals surface area contributed by atoms with E-state index in [-0.39, 0.29) is 6.10 Å². The van der Waals surface area contributed by atoms with E-state index in [1.54, 1.807) is 0 Å². The predicted octanol–water partition coefficient (Wildman–Crippen LogP) is 1.31. The largest absolute Gasteiger partial charge is 0.393 e. The third-order valence-corrected chi connectivity index (χ3v) is 2.80. The van der Waals surface area contributed by atoms with Gasteiger partial charge in [-0.25, -0.2) is 0 Å². The molecule has 0 spiro atoms. The van der Waals surface area contributed by atoms with Crippen molar-refractivity contribution in [2.75, 3.05) is 19.8 Å². The van der Waals surface area contributed by atoms with Crippen LogP contribution in [-0.4, -0.2) is 37.0 Å². The Labute approximate surface area is 86.8 Å². The summed E-state index contributed by atoms with van der Waals surface area (Å²) in [5.74, 6) is 0. The summed E-state index contributed by atoms with van der Waals surface area (Å²) in [5.41, 5.74) is 0. The third-order valence-electron chi connectivity index (χ3n) is 2.80. The summed E-state index contributed by atoms with van der Waals surface area (Å²) < 4.78 is 5.26. The van der Waals surface area contributed by atoms with Crippen LogP contribution < -0.4 is 5.32 Å². The molecular weight excluding hydrogens is 178 g/mol. The van der Waals surface area contributed by atoms with Crippen molar-refractivity contribution in [3.8, 4) is 0 Å². The zero-order valence-electron chi connectivity index (χ0n) is 9.17. The first-order valence-corrected chi connectivity index (χ1v) is 5.82. The van der Waals surface area contributed by atoms with Crippen LogP contribution in [0.4, 0.5) is 0 Å². The predicted molar refractivity (Wildman–Crippen MR) is 57.4 cm³/mol. The van der Waals surface area contributed by atoms with Gasteiger partial charge in [-0.15, -0.1) is 0 Å².